The summed E-state index contributed by atoms with van der Waals surface area (Å²) in [6.07, 6.45) is 1.73. The summed E-state index contributed by atoms with van der Waals surface area (Å²) in [5.41, 5.74) is 2.92. The second kappa shape index (κ2) is 15.0. The standard InChI is InChI=1S/C36H37BrN2O7S/c1-7-43-30-17-24(11-15-27(30)45-20-23-9-13-26(37)14-10-23)18-31-34(40)39-33(25-12-16-28(46-21(3)4)29(19-25)42-6)32(35(41)44-8-2)22(5)38-36(39)47-31/h9-19,21,33H,7-8,20H2,1-6H3/b31-18-/t33-/m0/s1. The maximum absolute atomic E-state index is 14.2. The maximum Gasteiger partial charge on any atom is 0.338 e. The molecule has 0 spiro atoms. The van der Waals surface area contributed by atoms with Gasteiger partial charge in [0.15, 0.2) is 27.8 Å². The van der Waals surface area contributed by atoms with Crippen LogP contribution >= 0.6 is 27.3 Å². The number of esters is 1. The van der Waals surface area contributed by atoms with Crippen LogP contribution in [0.2, 0.25) is 0 Å². The number of methoxy groups -OCH3 is 1. The maximum atomic E-state index is 14.2. The van der Waals surface area contributed by atoms with Crippen molar-refractivity contribution in [3.8, 4) is 23.0 Å². The Morgan fingerprint density at radius 1 is 0.979 bits per heavy atom. The number of hydrogen-bond donors (Lipinski definition) is 0. The lowest BCUT2D eigenvalue weighted by molar-refractivity contribution is -0.139. The number of thiazole rings is 1. The highest BCUT2D eigenvalue weighted by atomic mass is 79.9. The second-order valence-corrected chi connectivity index (χ2v) is 12.9. The van der Waals surface area contributed by atoms with E-state index in [4.69, 9.17) is 23.7 Å². The summed E-state index contributed by atoms with van der Waals surface area (Å²) >= 11 is 4.71. The van der Waals surface area contributed by atoms with Crippen LogP contribution < -0.4 is 33.8 Å². The SMILES string of the molecule is CCOC(=O)C1=C(C)N=c2s/c(=C\c3ccc(OCc4ccc(Br)cc4)c(OCC)c3)c(=O)n2[C@H]1c1ccc(OC(C)C)c(OC)c1. The zero-order chi connectivity index (χ0) is 33.7. The Kier molecular flexibility index (Phi) is 10.9. The Balaban J connectivity index is 1.57. The van der Waals surface area contributed by atoms with Crippen LogP contribution in [0.5, 0.6) is 23.0 Å². The van der Waals surface area contributed by atoms with E-state index in [1.54, 1.807) is 43.7 Å². The number of rotatable bonds is 12. The van der Waals surface area contributed by atoms with Crippen molar-refractivity contribution in [1.82, 2.24) is 4.57 Å². The molecule has 0 unspecified atom stereocenters. The Morgan fingerprint density at radius 3 is 2.40 bits per heavy atom. The average molecular weight is 722 g/mol. The quantitative estimate of drug-likeness (QED) is 0.158. The number of aromatic nitrogens is 1. The summed E-state index contributed by atoms with van der Waals surface area (Å²) in [6.45, 7) is 10.3. The molecule has 1 aliphatic rings. The molecular weight excluding hydrogens is 684 g/mol. The predicted molar refractivity (Wildman–Crippen MR) is 185 cm³/mol. The van der Waals surface area contributed by atoms with E-state index in [9.17, 15) is 9.59 Å². The van der Waals surface area contributed by atoms with Crippen molar-refractivity contribution in [2.45, 2.75) is 53.4 Å². The number of halogens is 1. The van der Waals surface area contributed by atoms with Gasteiger partial charge in [-0.3, -0.25) is 9.36 Å². The number of benzene rings is 3. The summed E-state index contributed by atoms with van der Waals surface area (Å²) < 4.78 is 32.0. The lowest BCUT2D eigenvalue weighted by atomic mass is 9.95. The first kappa shape index (κ1) is 34.0. The number of hydrogen-bond acceptors (Lipinski definition) is 9. The third kappa shape index (κ3) is 7.63. The smallest absolute Gasteiger partial charge is 0.338 e. The van der Waals surface area contributed by atoms with Crippen molar-refractivity contribution >= 4 is 39.3 Å². The fraction of sp³-hybridized carbons (Fsp3) is 0.306. The van der Waals surface area contributed by atoms with Crippen LogP contribution in [0.1, 0.15) is 57.4 Å². The van der Waals surface area contributed by atoms with Crippen molar-refractivity contribution in [3.63, 3.8) is 0 Å². The number of allylic oxidation sites excluding steroid dienone is 1. The van der Waals surface area contributed by atoms with E-state index in [0.29, 0.717) is 56.8 Å². The van der Waals surface area contributed by atoms with Crippen molar-refractivity contribution in [2.75, 3.05) is 20.3 Å². The minimum atomic E-state index is -0.789. The molecule has 11 heteroatoms. The zero-order valence-corrected chi connectivity index (χ0v) is 29.6. The van der Waals surface area contributed by atoms with Crippen molar-refractivity contribution < 1.29 is 28.5 Å². The summed E-state index contributed by atoms with van der Waals surface area (Å²) in [7, 11) is 1.55. The first-order valence-electron chi connectivity index (χ1n) is 15.3. The second-order valence-electron chi connectivity index (χ2n) is 10.9. The molecule has 4 aromatic rings. The first-order valence-corrected chi connectivity index (χ1v) is 16.9. The molecule has 246 valence electrons. The molecule has 47 heavy (non-hydrogen) atoms. The number of fused-ring (bicyclic) bond motifs is 1. The van der Waals surface area contributed by atoms with Gasteiger partial charge in [0.2, 0.25) is 0 Å². The van der Waals surface area contributed by atoms with Gasteiger partial charge < -0.3 is 23.7 Å². The molecule has 0 saturated carbocycles. The van der Waals surface area contributed by atoms with E-state index in [-0.39, 0.29) is 23.8 Å². The van der Waals surface area contributed by atoms with Crippen molar-refractivity contribution in [2.24, 2.45) is 4.99 Å². The van der Waals surface area contributed by atoms with Gasteiger partial charge >= 0.3 is 5.97 Å². The molecule has 1 aliphatic heterocycles. The van der Waals surface area contributed by atoms with Gasteiger partial charge in [-0.2, -0.15) is 0 Å². The molecule has 1 atom stereocenters. The number of carbonyl (C=O) groups is 1. The van der Waals surface area contributed by atoms with Gasteiger partial charge in [-0.15, -0.1) is 0 Å². The lowest BCUT2D eigenvalue weighted by Gasteiger charge is -2.25. The molecule has 0 fully saturated rings. The van der Waals surface area contributed by atoms with Gasteiger partial charge in [0.05, 0.1) is 48.3 Å². The largest absolute Gasteiger partial charge is 0.493 e. The molecule has 5 rings (SSSR count). The summed E-state index contributed by atoms with van der Waals surface area (Å²) in [5, 5.41) is 0. The van der Waals surface area contributed by atoms with Gasteiger partial charge in [-0.1, -0.05) is 51.5 Å². The third-order valence-electron chi connectivity index (χ3n) is 7.26. The van der Waals surface area contributed by atoms with Gasteiger partial charge in [0.25, 0.3) is 5.56 Å². The van der Waals surface area contributed by atoms with Gasteiger partial charge in [-0.05, 0) is 93.8 Å². The molecule has 9 nitrogen and oxygen atoms in total. The van der Waals surface area contributed by atoms with Crippen LogP contribution in [0.3, 0.4) is 0 Å². The van der Waals surface area contributed by atoms with E-state index >= 15 is 0 Å². The number of ether oxygens (including phenoxy) is 5. The molecule has 0 N–H and O–H groups in total. The minimum Gasteiger partial charge on any atom is -0.493 e. The Morgan fingerprint density at radius 2 is 1.72 bits per heavy atom. The Bertz CT molecular complexity index is 1980. The van der Waals surface area contributed by atoms with E-state index < -0.39 is 12.0 Å². The van der Waals surface area contributed by atoms with Crippen LogP contribution in [0.25, 0.3) is 6.08 Å². The predicted octanol–water partition coefficient (Wildman–Crippen LogP) is 6.33. The number of carbonyl (C=O) groups excluding carboxylic acids is 1. The van der Waals surface area contributed by atoms with Crippen LogP contribution in [-0.4, -0.2) is 37.0 Å². The van der Waals surface area contributed by atoms with Gasteiger partial charge in [0.1, 0.15) is 6.61 Å². The van der Waals surface area contributed by atoms with Crippen LogP contribution in [-0.2, 0) is 16.1 Å². The van der Waals surface area contributed by atoms with Crippen molar-refractivity contribution in [3.05, 3.63) is 113 Å². The molecule has 3 aromatic carbocycles. The van der Waals surface area contributed by atoms with E-state index in [1.165, 1.54) is 11.3 Å². The minimum absolute atomic E-state index is 0.0694. The summed E-state index contributed by atoms with van der Waals surface area (Å²) in [6, 6.07) is 18.1. The topological polar surface area (TPSA) is 97.6 Å². The molecule has 0 amide bonds. The highest BCUT2D eigenvalue weighted by Gasteiger charge is 2.34. The molecule has 0 bridgehead atoms. The van der Waals surface area contributed by atoms with Gasteiger partial charge in [0, 0.05) is 4.47 Å². The fourth-order valence-corrected chi connectivity index (χ4v) is 6.52. The van der Waals surface area contributed by atoms with Crippen molar-refractivity contribution in [1.29, 1.82) is 0 Å². The average Bonchev–Trinajstić information content (AvgIpc) is 3.34. The molecular formula is C36H37BrN2O7S. The van der Waals surface area contributed by atoms with Crippen LogP contribution in [0.15, 0.2) is 86.2 Å². The zero-order valence-electron chi connectivity index (χ0n) is 27.2. The monoisotopic (exact) mass is 720 g/mol. The fourth-order valence-electron chi connectivity index (χ4n) is 5.21. The van der Waals surface area contributed by atoms with Crippen LogP contribution in [0, 0.1) is 0 Å². The molecule has 0 aliphatic carbocycles. The molecule has 0 radical (unpaired) electrons. The Hall–Kier alpha value is -4.35. The molecule has 0 saturated heterocycles. The Labute approximate surface area is 285 Å². The van der Waals surface area contributed by atoms with E-state index in [0.717, 1.165) is 15.6 Å². The van der Waals surface area contributed by atoms with Gasteiger partial charge in [-0.25, -0.2) is 9.79 Å². The summed E-state index contributed by atoms with van der Waals surface area (Å²) in [5.74, 6) is 1.69. The van der Waals surface area contributed by atoms with E-state index in [2.05, 4.69) is 20.9 Å². The highest BCUT2D eigenvalue weighted by Crippen LogP contribution is 2.37. The molecule has 2 heterocycles. The number of nitrogens with zero attached hydrogens (tertiary/aromatic N) is 2. The normalized spacial score (nSPS) is 14.5. The van der Waals surface area contributed by atoms with Crippen LogP contribution in [0.4, 0.5) is 0 Å². The lowest BCUT2D eigenvalue weighted by Crippen LogP contribution is -2.40. The highest BCUT2D eigenvalue weighted by molar-refractivity contribution is 9.10. The first-order chi connectivity index (χ1) is 22.6. The third-order valence-corrected chi connectivity index (χ3v) is 8.77. The van der Waals surface area contributed by atoms with E-state index in [1.807, 2.05) is 69.3 Å². The summed E-state index contributed by atoms with van der Waals surface area (Å²) in [4.78, 5) is 32.6. The molecule has 1 aromatic heterocycles.